The lowest BCUT2D eigenvalue weighted by Gasteiger charge is -1.93. The molecule has 0 fully saturated rings. The van der Waals surface area contributed by atoms with Gasteiger partial charge in [0, 0.05) is 5.69 Å². The van der Waals surface area contributed by atoms with Crippen molar-refractivity contribution in [2.45, 2.75) is 5.03 Å². The van der Waals surface area contributed by atoms with Gasteiger partial charge in [-0.25, -0.2) is 4.98 Å². The molecule has 2 heteroatoms. The van der Waals surface area contributed by atoms with Crippen LogP contribution in [-0.2, 0) is 0 Å². The number of thioether (sulfide) groups is 1. The standard InChI is InChI=1S/C7H8NS/c1-6-4-3-5-7(8-6)9-2/h3-5H,1H2,2H3. The van der Waals surface area contributed by atoms with Crippen molar-refractivity contribution < 1.29 is 0 Å². The van der Waals surface area contributed by atoms with E-state index in [0.29, 0.717) is 0 Å². The predicted octanol–water partition coefficient (Wildman–Crippen LogP) is 1.99. The zero-order chi connectivity index (χ0) is 6.69. The Kier molecular flexibility index (Phi) is 2.11. The summed E-state index contributed by atoms with van der Waals surface area (Å²) >= 11 is 1.63. The van der Waals surface area contributed by atoms with Crippen molar-refractivity contribution in [3.63, 3.8) is 0 Å². The molecule has 9 heavy (non-hydrogen) atoms. The molecule has 0 aromatic carbocycles. The Morgan fingerprint density at radius 2 is 2.33 bits per heavy atom. The van der Waals surface area contributed by atoms with Crippen molar-refractivity contribution in [1.29, 1.82) is 0 Å². The molecule has 0 saturated heterocycles. The zero-order valence-corrected chi connectivity index (χ0v) is 6.11. The highest BCUT2D eigenvalue weighted by molar-refractivity contribution is 7.98. The largest absolute Gasteiger partial charge is 0.247 e. The van der Waals surface area contributed by atoms with E-state index in [1.807, 2.05) is 24.5 Å². The van der Waals surface area contributed by atoms with Gasteiger partial charge in [-0.2, -0.15) is 0 Å². The molecule has 0 aliphatic rings. The second kappa shape index (κ2) is 2.87. The molecule has 0 saturated carbocycles. The summed E-state index contributed by atoms with van der Waals surface area (Å²) in [5.74, 6) is 0. The van der Waals surface area contributed by atoms with Gasteiger partial charge in [0.1, 0.15) is 0 Å². The molecule has 47 valence electrons. The highest BCUT2D eigenvalue weighted by atomic mass is 32.2. The van der Waals surface area contributed by atoms with Crippen LogP contribution in [0.1, 0.15) is 5.69 Å². The van der Waals surface area contributed by atoms with Crippen LogP contribution in [0.25, 0.3) is 0 Å². The van der Waals surface area contributed by atoms with E-state index >= 15 is 0 Å². The summed E-state index contributed by atoms with van der Waals surface area (Å²) in [5.41, 5.74) is 0.835. The lowest BCUT2D eigenvalue weighted by molar-refractivity contribution is 1.10. The maximum absolute atomic E-state index is 4.14. The van der Waals surface area contributed by atoms with Crippen molar-refractivity contribution >= 4 is 11.8 Å². The maximum Gasteiger partial charge on any atom is 0.0960 e. The van der Waals surface area contributed by atoms with E-state index in [1.54, 1.807) is 11.8 Å². The number of rotatable bonds is 1. The lowest BCUT2D eigenvalue weighted by atomic mass is 10.4. The number of hydrogen-bond donors (Lipinski definition) is 0. The summed E-state index contributed by atoms with van der Waals surface area (Å²) in [4.78, 5) is 4.14. The van der Waals surface area contributed by atoms with Gasteiger partial charge in [0.2, 0.25) is 0 Å². The minimum atomic E-state index is 0.835. The van der Waals surface area contributed by atoms with Gasteiger partial charge in [-0.3, -0.25) is 0 Å². The van der Waals surface area contributed by atoms with Crippen LogP contribution >= 0.6 is 11.8 Å². The molecule has 1 rings (SSSR count). The molecule has 0 spiro atoms. The average molecular weight is 138 g/mol. The quantitative estimate of drug-likeness (QED) is 0.550. The summed E-state index contributed by atoms with van der Waals surface area (Å²) in [6, 6.07) is 5.82. The normalized spacial score (nSPS) is 9.56. The zero-order valence-electron chi connectivity index (χ0n) is 5.29. The van der Waals surface area contributed by atoms with Crippen molar-refractivity contribution in [3.05, 3.63) is 30.8 Å². The molecule has 1 aromatic rings. The van der Waals surface area contributed by atoms with Gasteiger partial charge in [0.15, 0.2) is 0 Å². The Labute approximate surface area is 59.5 Å². The smallest absolute Gasteiger partial charge is 0.0960 e. The fourth-order valence-corrected chi connectivity index (χ4v) is 0.994. The van der Waals surface area contributed by atoms with E-state index in [2.05, 4.69) is 11.9 Å². The van der Waals surface area contributed by atoms with E-state index < -0.39 is 0 Å². The van der Waals surface area contributed by atoms with Crippen molar-refractivity contribution in [2.75, 3.05) is 6.26 Å². The van der Waals surface area contributed by atoms with E-state index in [-0.39, 0.29) is 0 Å². The summed E-state index contributed by atoms with van der Waals surface area (Å²) in [7, 11) is 0. The third kappa shape index (κ3) is 1.72. The van der Waals surface area contributed by atoms with Gasteiger partial charge in [-0.1, -0.05) is 6.07 Å². The molecule has 0 N–H and O–H groups in total. The Balaban J connectivity index is 2.94. The van der Waals surface area contributed by atoms with Crippen LogP contribution in [0.5, 0.6) is 0 Å². The fourth-order valence-electron chi connectivity index (χ4n) is 0.571. The van der Waals surface area contributed by atoms with Gasteiger partial charge in [-0.15, -0.1) is 11.8 Å². The maximum atomic E-state index is 4.14. The topological polar surface area (TPSA) is 12.9 Å². The lowest BCUT2D eigenvalue weighted by Crippen LogP contribution is -1.80. The second-order valence-electron chi connectivity index (χ2n) is 1.67. The third-order valence-corrected chi connectivity index (χ3v) is 1.64. The van der Waals surface area contributed by atoms with Gasteiger partial charge in [0.05, 0.1) is 5.03 Å². The number of nitrogens with zero attached hydrogens (tertiary/aromatic N) is 1. The molecule has 1 heterocycles. The van der Waals surface area contributed by atoms with Crippen LogP contribution < -0.4 is 0 Å². The van der Waals surface area contributed by atoms with Crippen LogP contribution in [-0.4, -0.2) is 11.2 Å². The molecule has 1 radical (unpaired) electrons. The summed E-state index contributed by atoms with van der Waals surface area (Å²) in [5, 5.41) is 1.03. The van der Waals surface area contributed by atoms with Crippen LogP contribution in [0.3, 0.4) is 0 Å². The van der Waals surface area contributed by atoms with E-state index in [4.69, 9.17) is 0 Å². The number of aromatic nitrogens is 1. The Morgan fingerprint density at radius 3 is 2.78 bits per heavy atom. The molecule has 0 aliphatic heterocycles. The molecule has 0 aliphatic carbocycles. The van der Waals surface area contributed by atoms with E-state index in [0.717, 1.165) is 10.7 Å². The molecule has 0 amide bonds. The van der Waals surface area contributed by atoms with Crippen LogP contribution in [0.2, 0.25) is 0 Å². The number of hydrogen-bond acceptors (Lipinski definition) is 2. The predicted molar refractivity (Wildman–Crippen MR) is 40.5 cm³/mol. The Bertz CT molecular complexity index is 198. The highest BCUT2D eigenvalue weighted by Gasteiger charge is 1.88. The van der Waals surface area contributed by atoms with E-state index in [9.17, 15) is 0 Å². The minimum Gasteiger partial charge on any atom is -0.247 e. The first-order chi connectivity index (χ1) is 4.33. The summed E-state index contributed by atoms with van der Waals surface area (Å²) in [6.07, 6.45) is 2.00. The second-order valence-corrected chi connectivity index (χ2v) is 2.50. The first kappa shape index (κ1) is 6.62. The van der Waals surface area contributed by atoms with Crippen molar-refractivity contribution in [1.82, 2.24) is 4.98 Å². The molecular formula is C7H8NS. The van der Waals surface area contributed by atoms with E-state index in [1.165, 1.54) is 0 Å². The van der Waals surface area contributed by atoms with Gasteiger partial charge in [0.25, 0.3) is 0 Å². The van der Waals surface area contributed by atoms with Crippen molar-refractivity contribution in [3.8, 4) is 0 Å². The monoisotopic (exact) mass is 138 g/mol. The van der Waals surface area contributed by atoms with Crippen LogP contribution in [0, 0.1) is 6.92 Å². The molecule has 0 unspecified atom stereocenters. The minimum absolute atomic E-state index is 0.835. The van der Waals surface area contributed by atoms with Gasteiger partial charge < -0.3 is 0 Å². The fraction of sp³-hybridized carbons (Fsp3) is 0.143. The molecule has 1 aromatic heterocycles. The van der Waals surface area contributed by atoms with Crippen molar-refractivity contribution in [2.24, 2.45) is 0 Å². The van der Waals surface area contributed by atoms with Gasteiger partial charge >= 0.3 is 0 Å². The van der Waals surface area contributed by atoms with Gasteiger partial charge in [-0.05, 0) is 25.3 Å². The molecule has 1 nitrogen and oxygen atoms in total. The molecule has 0 bridgehead atoms. The Morgan fingerprint density at radius 1 is 1.56 bits per heavy atom. The molecular weight excluding hydrogens is 130 g/mol. The first-order valence-corrected chi connectivity index (χ1v) is 3.88. The Hall–Kier alpha value is -0.500. The highest BCUT2D eigenvalue weighted by Crippen LogP contribution is 2.09. The summed E-state index contributed by atoms with van der Waals surface area (Å²) in [6.45, 7) is 3.70. The molecule has 0 atom stereocenters. The first-order valence-electron chi connectivity index (χ1n) is 2.66. The van der Waals surface area contributed by atoms with Crippen LogP contribution in [0.4, 0.5) is 0 Å². The average Bonchev–Trinajstić information content (AvgIpc) is 1.88. The SMILES string of the molecule is [CH2]c1cccc(SC)n1. The third-order valence-electron chi connectivity index (χ3n) is 0.990. The number of pyridine rings is 1. The van der Waals surface area contributed by atoms with Crippen LogP contribution in [0.15, 0.2) is 23.2 Å². The summed E-state index contributed by atoms with van der Waals surface area (Å²) < 4.78 is 0.